The van der Waals surface area contributed by atoms with Gasteiger partial charge < -0.3 is 10.5 Å². The van der Waals surface area contributed by atoms with Crippen LogP contribution in [0.5, 0.6) is 0 Å². The lowest BCUT2D eigenvalue weighted by atomic mass is 10.1. The van der Waals surface area contributed by atoms with Crippen molar-refractivity contribution in [3.63, 3.8) is 0 Å². The molecule has 0 fully saturated rings. The quantitative estimate of drug-likeness (QED) is 0.792. The highest BCUT2D eigenvalue weighted by Gasteiger charge is 2.19. The third-order valence-electron chi connectivity index (χ3n) is 1.87. The summed E-state index contributed by atoms with van der Waals surface area (Å²) in [7, 11) is 0. The summed E-state index contributed by atoms with van der Waals surface area (Å²) in [5.41, 5.74) is 6.08. The van der Waals surface area contributed by atoms with E-state index >= 15 is 0 Å². The van der Waals surface area contributed by atoms with Crippen molar-refractivity contribution in [1.29, 1.82) is 0 Å². The Bertz CT molecular complexity index is 344. The molecule has 4 nitrogen and oxygen atoms in total. The van der Waals surface area contributed by atoms with Gasteiger partial charge in [-0.3, -0.25) is 9.78 Å². The van der Waals surface area contributed by atoms with Crippen LogP contribution in [0.1, 0.15) is 38.9 Å². The minimum absolute atomic E-state index is 0.147. The third-order valence-corrected chi connectivity index (χ3v) is 1.87. The summed E-state index contributed by atoms with van der Waals surface area (Å²) in [4.78, 5) is 15.6. The van der Waals surface area contributed by atoms with Crippen LogP contribution in [0, 0.1) is 0 Å². The fraction of sp³-hybridized carbons (Fsp3) is 0.500. The van der Waals surface area contributed by atoms with Gasteiger partial charge in [0.25, 0.3) is 0 Å². The first-order chi connectivity index (χ1) is 7.38. The standard InChI is InChI=1S/C12H18N2O2/c1-12(2,3)16-11(15)8-9(13)10-6-4-5-7-14-10/h4-7,9H,8,13H2,1-3H3. The van der Waals surface area contributed by atoms with E-state index in [2.05, 4.69) is 4.98 Å². The first-order valence-corrected chi connectivity index (χ1v) is 5.27. The molecule has 0 saturated carbocycles. The van der Waals surface area contributed by atoms with E-state index in [0.717, 1.165) is 0 Å². The van der Waals surface area contributed by atoms with Crippen molar-refractivity contribution in [3.05, 3.63) is 30.1 Å². The van der Waals surface area contributed by atoms with Gasteiger partial charge in [0, 0.05) is 6.20 Å². The lowest BCUT2D eigenvalue weighted by Crippen LogP contribution is -2.26. The van der Waals surface area contributed by atoms with Crippen LogP contribution in [0.2, 0.25) is 0 Å². The highest BCUT2D eigenvalue weighted by molar-refractivity contribution is 5.70. The molecule has 1 unspecified atom stereocenters. The van der Waals surface area contributed by atoms with E-state index in [1.165, 1.54) is 0 Å². The Morgan fingerprint density at radius 2 is 2.19 bits per heavy atom. The van der Waals surface area contributed by atoms with Crippen LogP contribution in [-0.4, -0.2) is 16.6 Å². The number of ether oxygens (including phenoxy) is 1. The number of rotatable bonds is 3. The number of carbonyl (C=O) groups excluding carboxylic acids is 1. The van der Waals surface area contributed by atoms with Crippen LogP contribution >= 0.6 is 0 Å². The van der Waals surface area contributed by atoms with Gasteiger partial charge in [-0.15, -0.1) is 0 Å². The molecule has 1 rings (SSSR count). The van der Waals surface area contributed by atoms with Gasteiger partial charge in [-0.05, 0) is 32.9 Å². The number of aromatic nitrogens is 1. The van der Waals surface area contributed by atoms with Crippen LogP contribution in [0.4, 0.5) is 0 Å². The molecule has 1 aromatic heterocycles. The first-order valence-electron chi connectivity index (χ1n) is 5.27. The topological polar surface area (TPSA) is 65.2 Å². The van der Waals surface area contributed by atoms with E-state index in [1.54, 1.807) is 12.3 Å². The van der Waals surface area contributed by atoms with Crippen molar-refractivity contribution in [2.24, 2.45) is 5.73 Å². The second kappa shape index (κ2) is 5.07. The maximum atomic E-state index is 11.5. The van der Waals surface area contributed by atoms with Gasteiger partial charge in [-0.2, -0.15) is 0 Å². The lowest BCUT2D eigenvalue weighted by molar-refractivity contribution is -0.155. The number of hydrogen-bond acceptors (Lipinski definition) is 4. The monoisotopic (exact) mass is 222 g/mol. The summed E-state index contributed by atoms with van der Waals surface area (Å²) in [5.74, 6) is -0.300. The maximum absolute atomic E-state index is 11.5. The van der Waals surface area contributed by atoms with E-state index in [0.29, 0.717) is 5.69 Å². The molecule has 0 aliphatic carbocycles. The summed E-state index contributed by atoms with van der Waals surface area (Å²) < 4.78 is 5.18. The second-order valence-corrected chi connectivity index (χ2v) is 4.65. The predicted molar refractivity (Wildman–Crippen MR) is 61.6 cm³/mol. The predicted octanol–water partition coefficient (Wildman–Crippen LogP) is 1.81. The Kier molecular flexibility index (Phi) is 4.01. The Morgan fingerprint density at radius 3 is 2.69 bits per heavy atom. The second-order valence-electron chi connectivity index (χ2n) is 4.65. The van der Waals surface area contributed by atoms with Gasteiger partial charge in [0.1, 0.15) is 5.60 Å². The van der Waals surface area contributed by atoms with Gasteiger partial charge in [0.15, 0.2) is 0 Å². The maximum Gasteiger partial charge on any atom is 0.308 e. The molecule has 0 bridgehead atoms. The molecule has 0 aliphatic heterocycles. The Morgan fingerprint density at radius 1 is 1.50 bits per heavy atom. The van der Waals surface area contributed by atoms with E-state index < -0.39 is 11.6 Å². The molecular formula is C12H18N2O2. The molecular weight excluding hydrogens is 204 g/mol. The number of pyridine rings is 1. The number of nitrogens with two attached hydrogens (primary N) is 1. The molecule has 0 saturated heterocycles. The molecule has 0 aromatic carbocycles. The fourth-order valence-corrected chi connectivity index (χ4v) is 1.26. The van der Waals surface area contributed by atoms with Crippen molar-refractivity contribution in [2.45, 2.75) is 38.8 Å². The molecule has 1 aromatic rings. The molecule has 0 amide bonds. The average molecular weight is 222 g/mol. The Balaban J connectivity index is 2.52. The van der Waals surface area contributed by atoms with Gasteiger partial charge in [0.2, 0.25) is 0 Å². The zero-order valence-electron chi connectivity index (χ0n) is 9.93. The van der Waals surface area contributed by atoms with E-state index in [-0.39, 0.29) is 12.4 Å². The summed E-state index contributed by atoms with van der Waals surface area (Å²) >= 11 is 0. The Hall–Kier alpha value is -1.42. The highest BCUT2D eigenvalue weighted by Crippen LogP contribution is 2.14. The number of nitrogens with zero attached hydrogens (tertiary/aromatic N) is 1. The molecule has 88 valence electrons. The van der Waals surface area contributed by atoms with Crippen molar-refractivity contribution in [2.75, 3.05) is 0 Å². The summed E-state index contributed by atoms with van der Waals surface area (Å²) in [6.45, 7) is 5.49. The van der Waals surface area contributed by atoms with Gasteiger partial charge >= 0.3 is 5.97 Å². The molecule has 4 heteroatoms. The van der Waals surface area contributed by atoms with Crippen LogP contribution in [-0.2, 0) is 9.53 Å². The molecule has 1 heterocycles. The molecule has 2 N–H and O–H groups in total. The molecule has 0 spiro atoms. The normalized spacial score (nSPS) is 13.2. The summed E-state index contributed by atoms with van der Waals surface area (Å²) in [6, 6.07) is 5.05. The largest absolute Gasteiger partial charge is 0.460 e. The molecule has 16 heavy (non-hydrogen) atoms. The number of esters is 1. The number of hydrogen-bond donors (Lipinski definition) is 1. The zero-order valence-corrected chi connectivity index (χ0v) is 9.93. The van der Waals surface area contributed by atoms with Gasteiger partial charge in [0.05, 0.1) is 18.2 Å². The molecule has 0 aliphatic rings. The van der Waals surface area contributed by atoms with Crippen molar-refractivity contribution < 1.29 is 9.53 Å². The summed E-state index contributed by atoms with van der Waals surface area (Å²) in [5, 5.41) is 0. The molecule has 0 radical (unpaired) electrons. The minimum Gasteiger partial charge on any atom is -0.460 e. The lowest BCUT2D eigenvalue weighted by Gasteiger charge is -2.20. The van der Waals surface area contributed by atoms with Gasteiger partial charge in [-0.1, -0.05) is 6.07 Å². The van der Waals surface area contributed by atoms with Crippen LogP contribution in [0.15, 0.2) is 24.4 Å². The van der Waals surface area contributed by atoms with E-state index in [4.69, 9.17) is 10.5 Å². The smallest absolute Gasteiger partial charge is 0.308 e. The van der Waals surface area contributed by atoms with Crippen molar-refractivity contribution in [1.82, 2.24) is 4.98 Å². The summed E-state index contributed by atoms with van der Waals surface area (Å²) in [6.07, 6.45) is 1.80. The number of carbonyl (C=O) groups is 1. The van der Waals surface area contributed by atoms with E-state index in [9.17, 15) is 4.79 Å². The minimum atomic E-state index is -0.471. The average Bonchev–Trinajstić information content (AvgIpc) is 2.16. The zero-order chi connectivity index (χ0) is 12.2. The Labute approximate surface area is 95.8 Å². The van der Waals surface area contributed by atoms with E-state index in [1.807, 2.05) is 32.9 Å². The SMILES string of the molecule is CC(C)(C)OC(=O)CC(N)c1ccccn1. The van der Waals surface area contributed by atoms with Crippen LogP contribution in [0.25, 0.3) is 0 Å². The van der Waals surface area contributed by atoms with Gasteiger partial charge in [-0.25, -0.2) is 0 Å². The van der Waals surface area contributed by atoms with Crippen molar-refractivity contribution >= 4 is 5.97 Å². The molecule has 1 atom stereocenters. The highest BCUT2D eigenvalue weighted by atomic mass is 16.6. The van der Waals surface area contributed by atoms with Crippen molar-refractivity contribution in [3.8, 4) is 0 Å². The third kappa shape index (κ3) is 4.40. The van der Waals surface area contributed by atoms with Crippen LogP contribution in [0.3, 0.4) is 0 Å². The first kappa shape index (κ1) is 12.6. The van der Waals surface area contributed by atoms with Crippen LogP contribution < -0.4 is 5.73 Å². The fourth-order valence-electron chi connectivity index (χ4n) is 1.26.